The maximum Gasteiger partial charge on any atom is 0.264 e. The number of hydrogen-bond acceptors (Lipinski definition) is 4. The second-order valence-corrected chi connectivity index (χ2v) is 8.09. The molecule has 0 saturated heterocycles. The molecule has 1 amide bonds. The van der Waals surface area contributed by atoms with Gasteiger partial charge in [0.2, 0.25) is 0 Å². The van der Waals surface area contributed by atoms with E-state index in [9.17, 15) is 9.59 Å². The molecule has 4 aromatic rings. The third-order valence-corrected chi connectivity index (χ3v) is 6.00. The van der Waals surface area contributed by atoms with Crippen molar-refractivity contribution in [2.24, 2.45) is 0 Å². The lowest BCUT2D eigenvalue weighted by atomic mass is 9.94. The fraction of sp³-hybridized carbons (Fsp3) is 0.185. The lowest BCUT2D eigenvalue weighted by molar-refractivity contribution is 0.0783. The highest BCUT2D eigenvalue weighted by Gasteiger charge is 2.28. The zero-order chi connectivity index (χ0) is 22.9. The van der Waals surface area contributed by atoms with E-state index in [-0.39, 0.29) is 17.0 Å². The van der Waals surface area contributed by atoms with E-state index >= 15 is 0 Å². The van der Waals surface area contributed by atoms with Crippen LogP contribution in [0, 0.1) is 0 Å². The van der Waals surface area contributed by atoms with Crippen LogP contribution < -0.4 is 15.0 Å². The number of nitrogens with zero attached hydrogens (tertiary/aromatic N) is 2. The van der Waals surface area contributed by atoms with Gasteiger partial charge in [0.15, 0.2) is 0 Å². The molecule has 166 valence electrons. The highest BCUT2D eigenvalue weighted by atomic mass is 16.5. The van der Waals surface area contributed by atoms with Crippen LogP contribution in [-0.2, 0) is 13.1 Å². The minimum atomic E-state index is -0.316. The Morgan fingerprint density at radius 2 is 1.85 bits per heavy atom. The van der Waals surface area contributed by atoms with Crippen LogP contribution in [0.25, 0.3) is 22.0 Å². The molecule has 1 aliphatic rings. The molecule has 3 aromatic carbocycles. The van der Waals surface area contributed by atoms with Gasteiger partial charge in [0.1, 0.15) is 23.7 Å². The minimum absolute atomic E-state index is 0.160. The van der Waals surface area contributed by atoms with Crippen LogP contribution in [0.2, 0.25) is 0 Å². The summed E-state index contributed by atoms with van der Waals surface area (Å²) in [7, 11) is 3.32. The quantitative estimate of drug-likeness (QED) is 0.463. The Labute approximate surface area is 191 Å². The van der Waals surface area contributed by atoms with Crippen LogP contribution in [0.4, 0.5) is 0 Å². The predicted molar refractivity (Wildman–Crippen MR) is 128 cm³/mol. The lowest BCUT2D eigenvalue weighted by Crippen LogP contribution is -2.37. The van der Waals surface area contributed by atoms with Gasteiger partial charge in [0.05, 0.1) is 19.2 Å². The highest BCUT2D eigenvalue weighted by Crippen LogP contribution is 2.37. The van der Waals surface area contributed by atoms with Gasteiger partial charge in [-0.25, -0.2) is 0 Å². The Kier molecular flexibility index (Phi) is 5.34. The first-order valence-corrected chi connectivity index (χ1v) is 10.8. The van der Waals surface area contributed by atoms with Crippen molar-refractivity contribution in [3.05, 3.63) is 94.3 Å². The molecule has 0 aliphatic carbocycles. The van der Waals surface area contributed by atoms with Crippen molar-refractivity contribution in [1.82, 2.24) is 9.47 Å². The van der Waals surface area contributed by atoms with Crippen LogP contribution in [0.1, 0.15) is 15.9 Å². The van der Waals surface area contributed by atoms with Crippen molar-refractivity contribution in [3.8, 4) is 22.6 Å². The zero-order valence-corrected chi connectivity index (χ0v) is 18.6. The zero-order valence-electron chi connectivity index (χ0n) is 18.6. The summed E-state index contributed by atoms with van der Waals surface area (Å²) in [6.07, 6.45) is 0. The molecule has 0 N–H and O–H groups in total. The Bertz CT molecular complexity index is 1410. The normalized spacial score (nSPS) is 12.3. The molecule has 0 atom stereocenters. The van der Waals surface area contributed by atoms with E-state index in [0.717, 1.165) is 16.5 Å². The summed E-state index contributed by atoms with van der Waals surface area (Å²) in [5, 5.41) is 0.802. The van der Waals surface area contributed by atoms with Gasteiger partial charge in [-0.3, -0.25) is 9.59 Å². The van der Waals surface area contributed by atoms with E-state index in [0.29, 0.717) is 42.3 Å². The molecule has 1 aromatic heterocycles. The molecule has 2 heterocycles. The van der Waals surface area contributed by atoms with Crippen molar-refractivity contribution in [2.45, 2.75) is 13.1 Å². The summed E-state index contributed by atoms with van der Waals surface area (Å²) in [5.41, 5.74) is 2.91. The number of para-hydroxylation sites is 1. The van der Waals surface area contributed by atoms with Crippen molar-refractivity contribution in [1.29, 1.82) is 0 Å². The molecule has 6 heteroatoms. The number of pyridine rings is 1. The first-order chi connectivity index (χ1) is 16.1. The van der Waals surface area contributed by atoms with Crippen LogP contribution >= 0.6 is 0 Å². The molecule has 0 saturated carbocycles. The van der Waals surface area contributed by atoms with E-state index in [1.807, 2.05) is 72.8 Å². The summed E-state index contributed by atoms with van der Waals surface area (Å²) >= 11 is 0. The van der Waals surface area contributed by atoms with E-state index in [2.05, 4.69) is 0 Å². The molecule has 5 rings (SSSR count). The Morgan fingerprint density at radius 3 is 2.64 bits per heavy atom. The molecule has 0 radical (unpaired) electrons. The topological polar surface area (TPSA) is 60.8 Å². The van der Waals surface area contributed by atoms with Crippen LogP contribution in [0.15, 0.2) is 77.6 Å². The number of carbonyl (C=O) groups is 1. The molecule has 1 aliphatic heterocycles. The number of ether oxygens (including phenoxy) is 2. The third kappa shape index (κ3) is 3.63. The highest BCUT2D eigenvalue weighted by molar-refractivity contribution is 6.10. The number of carbonyl (C=O) groups excluding carboxylic acids is 1. The Balaban J connectivity index is 1.76. The van der Waals surface area contributed by atoms with Crippen LogP contribution in [0.5, 0.6) is 11.5 Å². The van der Waals surface area contributed by atoms with Crippen molar-refractivity contribution in [3.63, 3.8) is 0 Å². The van der Waals surface area contributed by atoms with Crippen LogP contribution in [0.3, 0.4) is 0 Å². The third-order valence-electron chi connectivity index (χ3n) is 6.00. The van der Waals surface area contributed by atoms with Crippen molar-refractivity contribution in [2.75, 3.05) is 20.8 Å². The van der Waals surface area contributed by atoms with Gasteiger partial charge in [-0.2, -0.15) is 0 Å². The summed E-state index contributed by atoms with van der Waals surface area (Å²) in [5.74, 6) is 0.987. The van der Waals surface area contributed by atoms with E-state index < -0.39 is 0 Å². The van der Waals surface area contributed by atoms with E-state index in [4.69, 9.17) is 9.47 Å². The summed E-state index contributed by atoms with van der Waals surface area (Å²) in [6, 6.07) is 22.9. The first-order valence-electron chi connectivity index (χ1n) is 10.8. The summed E-state index contributed by atoms with van der Waals surface area (Å²) in [6.45, 7) is 1.18. The van der Waals surface area contributed by atoms with Gasteiger partial charge in [-0.05, 0) is 29.3 Å². The van der Waals surface area contributed by atoms with Gasteiger partial charge in [-0.1, -0.05) is 54.6 Å². The Morgan fingerprint density at radius 1 is 1.06 bits per heavy atom. The molecular formula is C27H24N2O4. The maximum absolute atomic E-state index is 13.8. The minimum Gasteiger partial charge on any atom is -0.497 e. The molecular weight excluding hydrogens is 416 g/mol. The number of rotatable bonds is 5. The average Bonchev–Trinajstić information content (AvgIpc) is 2.86. The van der Waals surface area contributed by atoms with Gasteiger partial charge >= 0.3 is 0 Å². The van der Waals surface area contributed by atoms with Crippen LogP contribution in [-0.4, -0.2) is 36.1 Å². The second-order valence-electron chi connectivity index (χ2n) is 8.09. The van der Waals surface area contributed by atoms with Gasteiger partial charge < -0.3 is 18.9 Å². The SMILES string of the molecule is COc1cccc(-c2c(C(=O)N(C)Cc3ccccc3)c(=O)n3c4c(cccc24)OCC3)c1. The number of aromatic nitrogens is 1. The molecule has 0 unspecified atom stereocenters. The number of benzene rings is 3. The fourth-order valence-corrected chi connectivity index (χ4v) is 4.45. The summed E-state index contributed by atoms with van der Waals surface area (Å²) in [4.78, 5) is 29.2. The van der Waals surface area contributed by atoms with E-state index in [1.165, 1.54) is 0 Å². The van der Waals surface area contributed by atoms with Crippen molar-refractivity contribution < 1.29 is 14.3 Å². The lowest BCUT2D eigenvalue weighted by Gasteiger charge is -2.25. The monoisotopic (exact) mass is 440 g/mol. The van der Waals surface area contributed by atoms with Gasteiger partial charge in [0.25, 0.3) is 11.5 Å². The Hall–Kier alpha value is -4.06. The van der Waals surface area contributed by atoms with Gasteiger partial charge in [0, 0.05) is 24.5 Å². The molecule has 33 heavy (non-hydrogen) atoms. The van der Waals surface area contributed by atoms with E-state index in [1.54, 1.807) is 23.6 Å². The number of amides is 1. The average molecular weight is 440 g/mol. The molecule has 6 nitrogen and oxygen atoms in total. The predicted octanol–water partition coefficient (Wildman–Crippen LogP) is 4.34. The standard InChI is InChI=1S/C27H24N2O4/c1-28(17-18-8-4-3-5-9-18)26(30)24-23(19-10-6-11-20(16-19)32-2)21-12-7-13-22-25(21)29(27(24)31)14-15-33-22/h3-13,16H,14-15,17H2,1-2H3. The number of hydrogen-bond donors (Lipinski definition) is 0. The fourth-order valence-electron chi connectivity index (χ4n) is 4.45. The first kappa shape index (κ1) is 20.8. The molecule has 0 spiro atoms. The second kappa shape index (κ2) is 8.47. The summed E-state index contributed by atoms with van der Waals surface area (Å²) < 4.78 is 12.9. The molecule has 0 fully saturated rings. The number of methoxy groups -OCH3 is 1. The van der Waals surface area contributed by atoms with Gasteiger partial charge in [-0.15, -0.1) is 0 Å². The van der Waals surface area contributed by atoms with Crippen molar-refractivity contribution >= 4 is 16.8 Å². The largest absolute Gasteiger partial charge is 0.497 e. The maximum atomic E-state index is 13.8. The molecule has 0 bridgehead atoms. The smallest absolute Gasteiger partial charge is 0.264 e.